The van der Waals surface area contributed by atoms with Crippen LogP contribution in [-0.2, 0) is 9.05 Å². The predicted octanol–water partition coefficient (Wildman–Crippen LogP) is 4.06. The van der Waals surface area contributed by atoms with Gasteiger partial charge in [-0.3, -0.25) is 0 Å². The molecule has 0 saturated carbocycles. The molecule has 0 aliphatic carbocycles. The van der Waals surface area contributed by atoms with Crippen LogP contribution >= 0.6 is 10.7 Å². The monoisotopic (exact) mass is 318 g/mol. The van der Waals surface area contributed by atoms with E-state index in [9.17, 15) is 8.42 Å². The fourth-order valence-electron chi connectivity index (χ4n) is 2.32. The molecule has 0 heterocycles. The zero-order chi connectivity index (χ0) is 15.4. The molecule has 3 nitrogen and oxygen atoms in total. The van der Waals surface area contributed by atoms with Gasteiger partial charge < -0.3 is 4.74 Å². The van der Waals surface area contributed by atoms with Crippen molar-refractivity contribution in [2.24, 2.45) is 5.41 Å². The van der Waals surface area contributed by atoms with Crippen molar-refractivity contribution in [1.82, 2.24) is 0 Å². The molecule has 0 unspecified atom stereocenters. The van der Waals surface area contributed by atoms with E-state index >= 15 is 0 Å². The summed E-state index contributed by atoms with van der Waals surface area (Å²) in [5, 5.41) is 0. The van der Waals surface area contributed by atoms with Crippen LogP contribution in [0.1, 0.15) is 37.8 Å². The number of hydrogen-bond acceptors (Lipinski definition) is 3. The SMILES string of the molecule is CCC(CC)(COc1cc(C)cc(C)c1)CS(=O)(=O)Cl. The van der Waals surface area contributed by atoms with Crippen molar-refractivity contribution < 1.29 is 13.2 Å². The van der Waals surface area contributed by atoms with Crippen LogP contribution in [0.2, 0.25) is 0 Å². The normalized spacial score (nSPS) is 12.4. The highest BCUT2D eigenvalue weighted by Crippen LogP contribution is 2.31. The van der Waals surface area contributed by atoms with Crippen LogP contribution in [0.4, 0.5) is 0 Å². The zero-order valence-corrected chi connectivity index (χ0v) is 14.1. The van der Waals surface area contributed by atoms with Gasteiger partial charge in [0.1, 0.15) is 5.75 Å². The molecule has 1 rings (SSSR count). The third kappa shape index (κ3) is 5.33. The van der Waals surface area contributed by atoms with Crippen molar-refractivity contribution in [1.29, 1.82) is 0 Å². The third-order valence-electron chi connectivity index (χ3n) is 3.72. The van der Waals surface area contributed by atoms with E-state index in [-0.39, 0.29) is 5.75 Å². The summed E-state index contributed by atoms with van der Waals surface area (Å²) in [5.74, 6) is 0.722. The Balaban J connectivity index is 2.86. The molecule has 0 amide bonds. The maximum Gasteiger partial charge on any atom is 0.233 e. The largest absolute Gasteiger partial charge is 0.493 e. The van der Waals surface area contributed by atoms with Gasteiger partial charge in [-0.2, -0.15) is 0 Å². The summed E-state index contributed by atoms with van der Waals surface area (Å²) in [6, 6.07) is 5.99. The molecule has 0 saturated heterocycles. The molecule has 0 aromatic heterocycles. The molecule has 1 aromatic rings. The maximum atomic E-state index is 11.4. The van der Waals surface area contributed by atoms with Gasteiger partial charge in [0.15, 0.2) is 0 Å². The standard InChI is InChI=1S/C15H23ClO3S/c1-5-15(6-2,11-20(16,17)18)10-19-14-8-12(3)7-13(4)9-14/h7-9H,5-6,10-11H2,1-4H3. The smallest absolute Gasteiger partial charge is 0.233 e. The molecule has 0 spiro atoms. The average molecular weight is 319 g/mol. The van der Waals surface area contributed by atoms with Gasteiger partial charge in [0.05, 0.1) is 12.4 Å². The van der Waals surface area contributed by atoms with Gasteiger partial charge in [-0.25, -0.2) is 8.42 Å². The molecule has 5 heteroatoms. The third-order valence-corrected chi connectivity index (χ3v) is 5.00. The second-order valence-electron chi connectivity index (χ2n) is 5.50. The highest BCUT2D eigenvalue weighted by Gasteiger charge is 2.32. The number of ether oxygens (including phenoxy) is 1. The Morgan fingerprint density at radius 3 is 2.00 bits per heavy atom. The lowest BCUT2D eigenvalue weighted by molar-refractivity contribution is 0.155. The van der Waals surface area contributed by atoms with Crippen molar-refractivity contribution in [2.75, 3.05) is 12.4 Å². The molecule has 20 heavy (non-hydrogen) atoms. The average Bonchev–Trinajstić information content (AvgIpc) is 2.32. The van der Waals surface area contributed by atoms with Crippen LogP contribution in [0, 0.1) is 19.3 Å². The Bertz CT molecular complexity index is 528. The molecular formula is C15H23ClO3S. The van der Waals surface area contributed by atoms with Crippen molar-refractivity contribution in [3.05, 3.63) is 29.3 Å². The van der Waals surface area contributed by atoms with Gasteiger partial charge in [0, 0.05) is 16.1 Å². The van der Waals surface area contributed by atoms with Crippen LogP contribution in [0.25, 0.3) is 0 Å². The van der Waals surface area contributed by atoms with Gasteiger partial charge in [-0.05, 0) is 49.9 Å². The summed E-state index contributed by atoms with van der Waals surface area (Å²) in [4.78, 5) is 0. The minimum Gasteiger partial charge on any atom is -0.493 e. The van der Waals surface area contributed by atoms with Crippen molar-refractivity contribution in [3.8, 4) is 5.75 Å². The van der Waals surface area contributed by atoms with Gasteiger partial charge in [0.25, 0.3) is 0 Å². The summed E-state index contributed by atoms with van der Waals surface area (Å²) in [6.45, 7) is 8.31. The number of rotatable bonds is 7. The first-order valence-electron chi connectivity index (χ1n) is 6.83. The first-order valence-corrected chi connectivity index (χ1v) is 9.31. The molecule has 0 radical (unpaired) electrons. The minimum absolute atomic E-state index is 0.0562. The van der Waals surface area contributed by atoms with E-state index < -0.39 is 14.5 Å². The molecule has 0 atom stereocenters. The number of benzene rings is 1. The Hall–Kier alpha value is -0.740. The molecule has 0 aliphatic rings. The van der Waals surface area contributed by atoms with E-state index in [1.807, 2.05) is 39.8 Å². The van der Waals surface area contributed by atoms with E-state index in [2.05, 4.69) is 6.07 Å². The Morgan fingerprint density at radius 1 is 1.10 bits per heavy atom. The lowest BCUT2D eigenvalue weighted by atomic mass is 9.85. The first-order chi connectivity index (χ1) is 9.19. The maximum absolute atomic E-state index is 11.4. The Kier molecular flexibility index (Phi) is 5.90. The predicted molar refractivity (Wildman–Crippen MR) is 84.1 cm³/mol. The van der Waals surface area contributed by atoms with E-state index in [0.29, 0.717) is 19.4 Å². The zero-order valence-electron chi connectivity index (χ0n) is 12.6. The summed E-state index contributed by atoms with van der Waals surface area (Å²) >= 11 is 0. The summed E-state index contributed by atoms with van der Waals surface area (Å²) in [7, 11) is 1.89. The van der Waals surface area contributed by atoms with Crippen molar-refractivity contribution >= 4 is 19.7 Å². The lowest BCUT2D eigenvalue weighted by Crippen LogP contribution is -2.33. The van der Waals surface area contributed by atoms with Crippen molar-refractivity contribution in [2.45, 2.75) is 40.5 Å². The highest BCUT2D eigenvalue weighted by molar-refractivity contribution is 8.13. The molecular weight excluding hydrogens is 296 g/mol. The van der Waals surface area contributed by atoms with E-state index in [1.54, 1.807) is 0 Å². The van der Waals surface area contributed by atoms with Gasteiger partial charge >= 0.3 is 0 Å². The quantitative estimate of drug-likeness (QED) is 0.712. The molecule has 0 aliphatic heterocycles. The Morgan fingerprint density at radius 2 is 1.60 bits per heavy atom. The van der Waals surface area contributed by atoms with E-state index in [4.69, 9.17) is 15.4 Å². The van der Waals surface area contributed by atoms with Gasteiger partial charge in [0.2, 0.25) is 9.05 Å². The summed E-state index contributed by atoms with van der Waals surface area (Å²) in [5.41, 5.74) is 1.82. The Labute approximate surface area is 126 Å². The topological polar surface area (TPSA) is 43.4 Å². The fraction of sp³-hybridized carbons (Fsp3) is 0.600. The van der Waals surface area contributed by atoms with Crippen LogP contribution in [0.3, 0.4) is 0 Å². The second-order valence-corrected chi connectivity index (χ2v) is 8.28. The molecule has 114 valence electrons. The fourth-order valence-corrected chi connectivity index (χ4v) is 4.24. The van der Waals surface area contributed by atoms with E-state index in [0.717, 1.165) is 16.9 Å². The second kappa shape index (κ2) is 6.81. The highest BCUT2D eigenvalue weighted by atomic mass is 35.7. The minimum atomic E-state index is -3.53. The lowest BCUT2D eigenvalue weighted by Gasteiger charge is -2.30. The summed E-state index contributed by atoms with van der Waals surface area (Å²) in [6.07, 6.45) is 1.42. The van der Waals surface area contributed by atoms with Crippen LogP contribution in [0.5, 0.6) is 5.75 Å². The van der Waals surface area contributed by atoms with Gasteiger partial charge in [-0.1, -0.05) is 19.9 Å². The number of halogens is 1. The summed E-state index contributed by atoms with van der Waals surface area (Å²) < 4.78 is 28.6. The van der Waals surface area contributed by atoms with Crippen molar-refractivity contribution in [3.63, 3.8) is 0 Å². The molecule has 0 bridgehead atoms. The number of hydrogen-bond donors (Lipinski definition) is 0. The van der Waals surface area contributed by atoms with Crippen LogP contribution in [-0.4, -0.2) is 20.8 Å². The van der Waals surface area contributed by atoms with Crippen LogP contribution < -0.4 is 4.74 Å². The molecule has 0 N–H and O–H groups in total. The first kappa shape index (κ1) is 17.3. The molecule has 0 fully saturated rings. The molecule has 1 aromatic carbocycles. The number of aryl methyl sites for hydroxylation is 2. The van der Waals surface area contributed by atoms with Gasteiger partial charge in [-0.15, -0.1) is 0 Å². The van der Waals surface area contributed by atoms with E-state index in [1.165, 1.54) is 0 Å². The van der Waals surface area contributed by atoms with Crippen LogP contribution in [0.15, 0.2) is 18.2 Å².